The van der Waals surface area contributed by atoms with Crippen LogP contribution in [0.25, 0.3) is 10.9 Å². The van der Waals surface area contributed by atoms with Gasteiger partial charge in [-0.25, -0.2) is 4.39 Å². The maximum atomic E-state index is 13.4. The number of aromatic nitrogens is 1. The number of amides is 1. The molecule has 1 aliphatic heterocycles. The lowest BCUT2D eigenvalue weighted by Gasteiger charge is -2.32. The van der Waals surface area contributed by atoms with Crippen molar-refractivity contribution in [3.05, 3.63) is 71.7 Å². The number of benzene rings is 2. The molecule has 1 saturated heterocycles. The highest BCUT2D eigenvalue weighted by molar-refractivity contribution is 5.94. The van der Waals surface area contributed by atoms with Crippen molar-refractivity contribution in [2.45, 2.75) is 18.8 Å². The molecule has 0 saturated carbocycles. The van der Waals surface area contributed by atoms with E-state index in [0.29, 0.717) is 6.54 Å². The van der Waals surface area contributed by atoms with E-state index in [2.05, 4.69) is 4.98 Å². The van der Waals surface area contributed by atoms with Gasteiger partial charge < -0.3 is 9.88 Å². The highest BCUT2D eigenvalue weighted by atomic mass is 19.1. The number of nitrogens with one attached hydrogen (secondary N) is 1. The molecule has 1 fully saturated rings. The van der Waals surface area contributed by atoms with Gasteiger partial charge in [-0.05, 0) is 49.2 Å². The summed E-state index contributed by atoms with van der Waals surface area (Å²) in [5.74, 6) is 0.127. The first-order valence-electron chi connectivity index (χ1n) is 8.33. The van der Waals surface area contributed by atoms with Gasteiger partial charge in [0.15, 0.2) is 0 Å². The fourth-order valence-corrected chi connectivity index (χ4v) is 3.52. The normalized spacial score (nSPS) is 18.0. The van der Waals surface area contributed by atoms with E-state index >= 15 is 0 Å². The molecular formula is C20H19FN2O. The molecule has 1 aliphatic rings. The van der Waals surface area contributed by atoms with Gasteiger partial charge in [0.2, 0.25) is 0 Å². The van der Waals surface area contributed by atoms with Crippen LogP contribution in [0, 0.1) is 5.82 Å². The van der Waals surface area contributed by atoms with Crippen LogP contribution in [0.15, 0.2) is 54.6 Å². The minimum Gasteiger partial charge on any atom is -0.358 e. The third kappa shape index (κ3) is 2.80. The van der Waals surface area contributed by atoms with E-state index in [1.807, 2.05) is 41.3 Å². The summed E-state index contributed by atoms with van der Waals surface area (Å²) in [6.07, 6.45) is 2.01. The molecule has 2 heterocycles. The number of hydrogen-bond acceptors (Lipinski definition) is 1. The van der Waals surface area contributed by atoms with Crippen LogP contribution in [0.5, 0.6) is 0 Å². The number of H-pyrrole nitrogens is 1. The van der Waals surface area contributed by atoms with Gasteiger partial charge >= 0.3 is 0 Å². The number of hydrogen-bond donors (Lipinski definition) is 1. The molecule has 1 unspecified atom stereocenters. The second-order valence-corrected chi connectivity index (χ2v) is 6.41. The van der Waals surface area contributed by atoms with Crippen LogP contribution >= 0.6 is 0 Å². The second-order valence-electron chi connectivity index (χ2n) is 6.41. The lowest BCUT2D eigenvalue weighted by atomic mass is 9.94. The number of carbonyl (C=O) groups is 1. The van der Waals surface area contributed by atoms with Crippen molar-refractivity contribution >= 4 is 16.8 Å². The van der Waals surface area contributed by atoms with Crippen LogP contribution in [-0.2, 0) is 0 Å². The molecule has 4 heteroatoms. The molecule has 2 aromatic carbocycles. The molecule has 3 nitrogen and oxygen atoms in total. The van der Waals surface area contributed by atoms with Gasteiger partial charge in [-0.2, -0.15) is 0 Å². The average Bonchev–Trinajstić information content (AvgIpc) is 3.05. The monoisotopic (exact) mass is 322 g/mol. The molecular weight excluding hydrogens is 303 g/mol. The molecule has 3 aromatic rings. The Morgan fingerprint density at radius 2 is 1.96 bits per heavy atom. The molecule has 0 aliphatic carbocycles. The maximum Gasteiger partial charge on any atom is 0.253 e. The fourth-order valence-electron chi connectivity index (χ4n) is 3.52. The Bertz CT molecular complexity index is 872. The smallest absolute Gasteiger partial charge is 0.253 e. The summed E-state index contributed by atoms with van der Waals surface area (Å²) in [7, 11) is 0. The summed E-state index contributed by atoms with van der Waals surface area (Å²) in [5.41, 5.74) is 2.76. The zero-order valence-corrected chi connectivity index (χ0v) is 13.3. The van der Waals surface area contributed by atoms with Crippen molar-refractivity contribution in [2.24, 2.45) is 0 Å². The van der Waals surface area contributed by atoms with Crippen LogP contribution < -0.4 is 0 Å². The molecule has 1 amide bonds. The van der Waals surface area contributed by atoms with Gasteiger partial charge in [0.05, 0.1) is 0 Å². The lowest BCUT2D eigenvalue weighted by molar-refractivity contribution is 0.0706. The van der Waals surface area contributed by atoms with Gasteiger partial charge in [0.1, 0.15) is 5.82 Å². The van der Waals surface area contributed by atoms with Gasteiger partial charge in [0.25, 0.3) is 5.91 Å². The van der Waals surface area contributed by atoms with Crippen LogP contribution in [0.4, 0.5) is 4.39 Å². The summed E-state index contributed by atoms with van der Waals surface area (Å²) in [6.45, 7) is 1.49. The second kappa shape index (κ2) is 6.11. The van der Waals surface area contributed by atoms with Crippen LogP contribution in [0.2, 0.25) is 0 Å². The first-order valence-corrected chi connectivity index (χ1v) is 8.33. The number of carbonyl (C=O) groups excluding carboxylic acids is 1. The van der Waals surface area contributed by atoms with E-state index in [0.717, 1.165) is 41.5 Å². The van der Waals surface area contributed by atoms with E-state index in [-0.39, 0.29) is 17.6 Å². The van der Waals surface area contributed by atoms with Crippen molar-refractivity contribution in [2.75, 3.05) is 13.1 Å². The minimum absolute atomic E-state index is 0.0856. The predicted molar refractivity (Wildman–Crippen MR) is 92.6 cm³/mol. The Balaban J connectivity index is 1.56. The number of likely N-dealkylation sites (tertiary alicyclic amines) is 1. The van der Waals surface area contributed by atoms with E-state index < -0.39 is 0 Å². The van der Waals surface area contributed by atoms with Gasteiger partial charge in [0, 0.05) is 41.2 Å². The van der Waals surface area contributed by atoms with E-state index in [1.54, 1.807) is 12.1 Å². The summed E-state index contributed by atoms with van der Waals surface area (Å²) in [6, 6.07) is 16.2. The molecule has 1 aromatic heterocycles. The number of fused-ring (bicyclic) bond motifs is 1. The van der Waals surface area contributed by atoms with E-state index in [4.69, 9.17) is 0 Å². The zero-order valence-electron chi connectivity index (χ0n) is 13.3. The van der Waals surface area contributed by atoms with Crippen molar-refractivity contribution < 1.29 is 9.18 Å². The molecule has 122 valence electrons. The Kier molecular flexibility index (Phi) is 3.81. The number of piperidine rings is 1. The van der Waals surface area contributed by atoms with E-state index in [1.165, 1.54) is 6.07 Å². The highest BCUT2D eigenvalue weighted by Gasteiger charge is 2.26. The van der Waals surface area contributed by atoms with E-state index in [9.17, 15) is 9.18 Å². The summed E-state index contributed by atoms with van der Waals surface area (Å²) in [4.78, 5) is 18.0. The standard InChI is InChI=1S/C20H19FN2O/c21-17-8-9-18-16(11-17)12-19(22-18)15-7-4-10-23(13-15)20(24)14-5-2-1-3-6-14/h1-3,5-6,8-9,11-12,15,22H,4,7,10,13H2. The van der Waals surface area contributed by atoms with Crippen LogP contribution in [-0.4, -0.2) is 28.9 Å². The third-order valence-corrected chi connectivity index (χ3v) is 4.77. The van der Waals surface area contributed by atoms with Crippen molar-refractivity contribution in [3.8, 4) is 0 Å². The lowest BCUT2D eigenvalue weighted by Crippen LogP contribution is -2.39. The van der Waals surface area contributed by atoms with Gasteiger partial charge in [-0.3, -0.25) is 4.79 Å². The summed E-state index contributed by atoms with van der Waals surface area (Å²) >= 11 is 0. The summed E-state index contributed by atoms with van der Waals surface area (Å²) in [5, 5.41) is 0.886. The van der Waals surface area contributed by atoms with Crippen molar-refractivity contribution in [1.82, 2.24) is 9.88 Å². The first-order chi connectivity index (χ1) is 11.7. The van der Waals surface area contributed by atoms with Crippen molar-refractivity contribution in [3.63, 3.8) is 0 Å². The average molecular weight is 322 g/mol. The largest absolute Gasteiger partial charge is 0.358 e. The zero-order chi connectivity index (χ0) is 16.5. The maximum absolute atomic E-state index is 13.4. The van der Waals surface area contributed by atoms with Gasteiger partial charge in [-0.1, -0.05) is 18.2 Å². The number of nitrogens with zero attached hydrogens (tertiary/aromatic N) is 1. The Morgan fingerprint density at radius 1 is 1.12 bits per heavy atom. The molecule has 1 atom stereocenters. The number of aromatic amines is 1. The first kappa shape index (κ1) is 14.9. The Morgan fingerprint density at radius 3 is 2.79 bits per heavy atom. The molecule has 1 N–H and O–H groups in total. The topological polar surface area (TPSA) is 36.1 Å². The minimum atomic E-state index is -0.224. The van der Waals surface area contributed by atoms with Crippen molar-refractivity contribution in [1.29, 1.82) is 0 Å². The van der Waals surface area contributed by atoms with Crippen LogP contribution in [0.3, 0.4) is 0 Å². The SMILES string of the molecule is O=C(c1ccccc1)N1CCCC(c2cc3cc(F)ccc3[nH]2)C1. The van der Waals surface area contributed by atoms with Crippen LogP contribution in [0.1, 0.15) is 34.8 Å². The molecule has 0 radical (unpaired) electrons. The Hall–Kier alpha value is -2.62. The predicted octanol–water partition coefficient (Wildman–Crippen LogP) is 4.33. The Labute approximate surface area is 140 Å². The quantitative estimate of drug-likeness (QED) is 0.749. The molecule has 24 heavy (non-hydrogen) atoms. The highest BCUT2D eigenvalue weighted by Crippen LogP contribution is 2.29. The van der Waals surface area contributed by atoms with Gasteiger partial charge in [-0.15, -0.1) is 0 Å². The third-order valence-electron chi connectivity index (χ3n) is 4.77. The fraction of sp³-hybridized carbons (Fsp3) is 0.250. The molecule has 0 spiro atoms. The number of rotatable bonds is 2. The molecule has 0 bridgehead atoms. The number of halogens is 1. The molecule has 4 rings (SSSR count). The summed E-state index contributed by atoms with van der Waals surface area (Å²) < 4.78 is 13.4.